The quantitative estimate of drug-likeness (QED) is 0.667. The molecule has 0 atom stereocenters. The number of nitrogens with one attached hydrogen (secondary N) is 2. The third-order valence-corrected chi connectivity index (χ3v) is 2.20. The Morgan fingerprint density at radius 3 is 2.80 bits per heavy atom. The Balaban J connectivity index is 2.46. The van der Waals surface area contributed by atoms with Gasteiger partial charge in [-0.3, -0.25) is 4.79 Å². The van der Waals surface area contributed by atoms with Crippen molar-refractivity contribution >= 4 is 17.7 Å². The Bertz CT molecular complexity index is 500. The maximum Gasteiger partial charge on any atom is 0.319 e. The number of anilines is 1. The van der Waals surface area contributed by atoms with Gasteiger partial charge >= 0.3 is 12.0 Å². The molecule has 1 aromatic carbocycles. The second-order valence-corrected chi connectivity index (χ2v) is 4.30. The number of carboxylic acids is 1. The van der Waals surface area contributed by atoms with Gasteiger partial charge in [-0.2, -0.15) is 0 Å². The van der Waals surface area contributed by atoms with Crippen molar-refractivity contribution in [2.75, 3.05) is 18.5 Å². The van der Waals surface area contributed by atoms with Gasteiger partial charge < -0.3 is 20.5 Å². The average Bonchev–Trinajstić information content (AvgIpc) is 2.36. The number of urea groups is 1. The molecule has 0 saturated heterocycles. The van der Waals surface area contributed by atoms with E-state index >= 15 is 0 Å². The van der Waals surface area contributed by atoms with Crippen molar-refractivity contribution in [3.8, 4) is 5.75 Å². The molecule has 20 heavy (non-hydrogen) atoms. The molecule has 6 heteroatoms. The zero-order chi connectivity index (χ0) is 15.0. The van der Waals surface area contributed by atoms with Crippen LogP contribution in [-0.4, -0.2) is 30.3 Å². The zero-order valence-electron chi connectivity index (χ0n) is 11.3. The number of ether oxygens (including phenoxy) is 1. The number of aliphatic carboxylic acids is 1. The van der Waals surface area contributed by atoms with Crippen molar-refractivity contribution < 1.29 is 19.4 Å². The van der Waals surface area contributed by atoms with Gasteiger partial charge in [0.15, 0.2) is 0 Å². The predicted molar refractivity (Wildman–Crippen MR) is 76.0 cm³/mol. The standard InChI is InChI=1S/C14H18N2O4/c1-10(2)9-20-12-5-3-4-11(8-12)16-14(19)15-7-6-13(17)18/h3-5,8H,1,6-7,9H2,2H3,(H,17,18)(H2,15,16,19). The first-order valence-electron chi connectivity index (χ1n) is 6.11. The van der Waals surface area contributed by atoms with Crippen LogP contribution in [0.2, 0.25) is 0 Å². The molecule has 3 N–H and O–H groups in total. The van der Waals surface area contributed by atoms with Gasteiger partial charge in [0, 0.05) is 18.3 Å². The minimum Gasteiger partial charge on any atom is -0.489 e. The van der Waals surface area contributed by atoms with Gasteiger partial charge in [-0.15, -0.1) is 0 Å². The maximum absolute atomic E-state index is 11.5. The Labute approximate surface area is 117 Å². The largest absolute Gasteiger partial charge is 0.489 e. The Hall–Kier alpha value is -2.50. The van der Waals surface area contributed by atoms with Crippen molar-refractivity contribution in [3.05, 3.63) is 36.4 Å². The normalized spacial score (nSPS) is 9.65. The summed E-state index contributed by atoms with van der Waals surface area (Å²) in [4.78, 5) is 21.8. The van der Waals surface area contributed by atoms with Gasteiger partial charge in [0.25, 0.3) is 0 Å². The molecule has 1 aromatic rings. The van der Waals surface area contributed by atoms with Crippen LogP contribution in [0.1, 0.15) is 13.3 Å². The fourth-order valence-corrected chi connectivity index (χ4v) is 1.33. The van der Waals surface area contributed by atoms with Gasteiger partial charge in [-0.1, -0.05) is 12.6 Å². The number of carbonyl (C=O) groups excluding carboxylic acids is 1. The first kappa shape index (κ1) is 15.6. The van der Waals surface area contributed by atoms with Gasteiger partial charge in [0.05, 0.1) is 6.42 Å². The molecule has 0 saturated carbocycles. The fourth-order valence-electron chi connectivity index (χ4n) is 1.33. The summed E-state index contributed by atoms with van der Waals surface area (Å²) in [6.07, 6.45) is -0.116. The fraction of sp³-hybridized carbons (Fsp3) is 0.286. The van der Waals surface area contributed by atoms with E-state index in [1.165, 1.54) is 0 Å². The van der Waals surface area contributed by atoms with Crippen LogP contribution in [-0.2, 0) is 4.79 Å². The lowest BCUT2D eigenvalue weighted by Crippen LogP contribution is -2.30. The lowest BCUT2D eigenvalue weighted by atomic mass is 10.3. The summed E-state index contributed by atoms with van der Waals surface area (Å²) in [6, 6.07) is 6.46. The third kappa shape index (κ3) is 6.44. The van der Waals surface area contributed by atoms with Crippen LogP contribution in [0.15, 0.2) is 36.4 Å². The number of rotatable bonds is 7. The molecule has 0 bridgehead atoms. The minimum atomic E-state index is -0.958. The second kappa shape index (κ2) is 7.83. The molecule has 108 valence electrons. The van der Waals surface area contributed by atoms with Gasteiger partial charge in [-0.05, 0) is 24.6 Å². The molecular weight excluding hydrogens is 260 g/mol. The minimum absolute atomic E-state index is 0.0764. The van der Waals surface area contributed by atoms with E-state index in [0.29, 0.717) is 18.0 Å². The van der Waals surface area contributed by atoms with Crippen molar-refractivity contribution in [2.45, 2.75) is 13.3 Å². The maximum atomic E-state index is 11.5. The van der Waals surface area contributed by atoms with E-state index in [-0.39, 0.29) is 13.0 Å². The highest BCUT2D eigenvalue weighted by molar-refractivity contribution is 5.89. The Kier molecular flexibility index (Phi) is 6.09. The lowest BCUT2D eigenvalue weighted by molar-refractivity contribution is -0.136. The van der Waals surface area contributed by atoms with Crippen LogP contribution in [0, 0.1) is 0 Å². The van der Waals surface area contributed by atoms with Crippen LogP contribution >= 0.6 is 0 Å². The summed E-state index contributed by atoms with van der Waals surface area (Å²) in [5.74, 6) is -0.336. The van der Waals surface area contributed by atoms with Crippen LogP contribution in [0.4, 0.5) is 10.5 Å². The molecule has 6 nitrogen and oxygen atoms in total. The smallest absolute Gasteiger partial charge is 0.319 e. The number of hydrogen-bond donors (Lipinski definition) is 3. The highest BCUT2D eigenvalue weighted by atomic mass is 16.5. The third-order valence-electron chi connectivity index (χ3n) is 2.20. The van der Waals surface area contributed by atoms with Crippen LogP contribution in [0.5, 0.6) is 5.75 Å². The van der Waals surface area contributed by atoms with E-state index in [4.69, 9.17) is 9.84 Å². The number of benzene rings is 1. The Morgan fingerprint density at radius 2 is 2.15 bits per heavy atom. The summed E-state index contributed by atoms with van der Waals surface area (Å²) in [5.41, 5.74) is 1.46. The summed E-state index contributed by atoms with van der Waals surface area (Å²) in [7, 11) is 0. The molecule has 0 unspecified atom stereocenters. The van der Waals surface area contributed by atoms with E-state index in [1.54, 1.807) is 24.3 Å². The molecule has 0 aliphatic carbocycles. The number of amides is 2. The summed E-state index contributed by atoms with van der Waals surface area (Å²) < 4.78 is 5.45. The summed E-state index contributed by atoms with van der Waals surface area (Å²) in [6.45, 7) is 6.08. The van der Waals surface area contributed by atoms with E-state index in [1.807, 2.05) is 6.92 Å². The van der Waals surface area contributed by atoms with Crippen LogP contribution in [0.3, 0.4) is 0 Å². The predicted octanol–water partition coefficient (Wildman–Crippen LogP) is 2.24. The topological polar surface area (TPSA) is 87.7 Å². The molecule has 0 fully saturated rings. The monoisotopic (exact) mass is 278 g/mol. The van der Waals surface area contributed by atoms with E-state index in [2.05, 4.69) is 17.2 Å². The second-order valence-electron chi connectivity index (χ2n) is 4.30. The van der Waals surface area contributed by atoms with E-state index < -0.39 is 12.0 Å². The average molecular weight is 278 g/mol. The van der Waals surface area contributed by atoms with Crippen LogP contribution < -0.4 is 15.4 Å². The van der Waals surface area contributed by atoms with E-state index in [9.17, 15) is 9.59 Å². The number of carbonyl (C=O) groups is 2. The molecule has 0 spiro atoms. The molecule has 0 heterocycles. The lowest BCUT2D eigenvalue weighted by Gasteiger charge is -2.09. The molecule has 2 amide bonds. The summed E-state index contributed by atoms with van der Waals surface area (Å²) in [5, 5.41) is 13.5. The molecule has 0 aliphatic heterocycles. The highest BCUT2D eigenvalue weighted by Crippen LogP contribution is 2.17. The first-order valence-corrected chi connectivity index (χ1v) is 6.11. The highest BCUT2D eigenvalue weighted by Gasteiger charge is 2.04. The van der Waals surface area contributed by atoms with E-state index in [0.717, 1.165) is 5.57 Å². The van der Waals surface area contributed by atoms with Gasteiger partial charge in [-0.25, -0.2) is 4.79 Å². The summed E-state index contributed by atoms with van der Waals surface area (Å²) >= 11 is 0. The van der Waals surface area contributed by atoms with Crippen molar-refractivity contribution in [1.29, 1.82) is 0 Å². The van der Waals surface area contributed by atoms with Gasteiger partial charge in [0.1, 0.15) is 12.4 Å². The number of hydrogen-bond acceptors (Lipinski definition) is 3. The Morgan fingerprint density at radius 1 is 1.40 bits per heavy atom. The number of carboxylic acid groups (broad SMARTS) is 1. The van der Waals surface area contributed by atoms with Crippen molar-refractivity contribution in [2.24, 2.45) is 0 Å². The zero-order valence-corrected chi connectivity index (χ0v) is 11.3. The molecule has 0 aliphatic rings. The van der Waals surface area contributed by atoms with Crippen molar-refractivity contribution in [1.82, 2.24) is 5.32 Å². The molecule has 0 aromatic heterocycles. The van der Waals surface area contributed by atoms with Crippen molar-refractivity contribution in [3.63, 3.8) is 0 Å². The molecule has 1 rings (SSSR count). The SMILES string of the molecule is C=C(C)COc1cccc(NC(=O)NCCC(=O)O)c1. The first-order chi connectivity index (χ1) is 9.47. The molecular formula is C14H18N2O4. The molecule has 0 radical (unpaired) electrons. The van der Waals surface area contributed by atoms with Crippen LogP contribution in [0.25, 0.3) is 0 Å². The van der Waals surface area contributed by atoms with Gasteiger partial charge in [0.2, 0.25) is 0 Å².